The van der Waals surface area contributed by atoms with E-state index in [1.165, 1.54) is 6.92 Å². The Morgan fingerprint density at radius 2 is 2.08 bits per heavy atom. The van der Waals surface area contributed by atoms with Gasteiger partial charge in [-0.2, -0.15) is 0 Å². The van der Waals surface area contributed by atoms with E-state index in [0.29, 0.717) is 6.54 Å². The Morgan fingerprint density at radius 1 is 1.42 bits per heavy atom. The minimum Gasteiger partial charge on any atom is -0.355 e. The van der Waals surface area contributed by atoms with Crippen LogP contribution in [0.1, 0.15) is 26.7 Å². The zero-order valence-electron chi connectivity index (χ0n) is 7.59. The standard InChI is InChI=1S/C9H15NO2/c1-3-4-5-6-10-9(12)7-8(2)11/h3-4H,5-7H2,1-2H3,(H,10,12)/b4-3+. The monoisotopic (exact) mass is 169 g/mol. The minimum atomic E-state index is -0.188. The first-order valence-corrected chi connectivity index (χ1v) is 4.04. The van der Waals surface area contributed by atoms with E-state index in [2.05, 4.69) is 5.32 Å². The van der Waals surface area contributed by atoms with Crippen molar-refractivity contribution >= 4 is 11.7 Å². The quantitative estimate of drug-likeness (QED) is 0.380. The molecule has 0 aliphatic heterocycles. The molecule has 12 heavy (non-hydrogen) atoms. The summed E-state index contributed by atoms with van der Waals surface area (Å²) in [6, 6.07) is 0. The van der Waals surface area contributed by atoms with E-state index in [1.807, 2.05) is 19.1 Å². The molecule has 3 heteroatoms. The van der Waals surface area contributed by atoms with E-state index in [1.54, 1.807) is 0 Å². The first-order valence-electron chi connectivity index (χ1n) is 4.04. The summed E-state index contributed by atoms with van der Waals surface area (Å²) in [5, 5.41) is 2.64. The predicted octanol–water partition coefficient (Wildman–Crippen LogP) is 1.05. The number of Topliss-reactive ketones (excluding diaryl/α,β-unsaturated/α-hetero) is 1. The summed E-state index contributed by atoms with van der Waals surface area (Å²) in [4.78, 5) is 21.3. The molecule has 0 aromatic rings. The summed E-state index contributed by atoms with van der Waals surface area (Å²) >= 11 is 0. The molecule has 3 nitrogen and oxygen atoms in total. The summed E-state index contributed by atoms with van der Waals surface area (Å²) in [7, 11) is 0. The molecule has 0 spiro atoms. The van der Waals surface area contributed by atoms with E-state index in [0.717, 1.165) is 6.42 Å². The van der Waals surface area contributed by atoms with Gasteiger partial charge in [-0.1, -0.05) is 12.2 Å². The number of hydrogen-bond acceptors (Lipinski definition) is 2. The highest BCUT2D eigenvalue weighted by molar-refractivity contribution is 5.96. The van der Waals surface area contributed by atoms with E-state index >= 15 is 0 Å². The maximum absolute atomic E-state index is 10.9. The summed E-state index contributed by atoms with van der Waals surface area (Å²) in [5.74, 6) is -0.287. The van der Waals surface area contributed by atoms with Crippen LogP contribution in [0, 0.1) is 0 Å². The van der Waals surface area contributed by atoms with Gasteiger partial charge in [0, 0.05) is 6.54 Å². The third kappa shape index (κ3) is 6.99. The van der Waals surface area contributed by atoms with Crippen molar-refractivity contribution < 1.29 is 9.59 Å². The highest BCUT2D eigenvalue weighted by Crippen LogP contribution is 1.83. The molecule has 0 aromatic carbocycles. The number of allylic oxidation sites excluding steroid dienone is 1. The van der Waals surface area contributed by atoms with Crippen LogP contribution in [0.3, 0.4) is 0 Å². The molecule has 68 valence electrons. The average molecular weight is 169 g/mol. The van der Waals surface area contributed by atoms with Crippen LogP contribution in [0.2, 0.25) is 0 Å². The second-order valence-electron chi connectivity index (χ2n) is 2.59. The lowest BCUT2D eigenvalue weighted by Crippen LogP contribution is -2.25. The molecule has 0 atom stereocenters. The molecule has 0 aromatic heterocycles. The molecule has 0 radical (unpaired) electrons. The largest absolute Gasteiger partial charge is 0.355 e. The van der Waals surface area contributed by atoms with Gasteiger partial charge in [-0.25, -0.2) is 0 Å². The third-order valence-electron chi connectivity index (χ3n) is 1.28. The van der Waals surface area contributed by atoms with Gasteiger partial charge in [0.2, 0.25) is 5.91 Å². The van der Waals surface area contributed by atoms with Crippen LogP contribution in [0.5, 0.6) is 0 Å². The van der Waals surface area contributed by atoms with Crippen molar-refractivity contribution in [1.29, 1.82) is 0 Å². The van der Waals surface area contributed by atoms with Crippen molar-refractivity contribution in [1.82, 2.24) is 5.32 Å². The lowest BCUT2D eigenvalue weighted by atomic mass is 10.3. The van der Waals surface area contributed by atoms with Gasteiger partial charge in [0.25, 0.3) is 0 Å². The highest BCUT2D eigenvalue weighted by Gasteiger charge is 2.02. The van der Waals surface area contributed by atoms with Crippen molar-refractivity contribution in [2.24, 2.45) is 0 Å². The lowest BCUT2D eigenvalue weighted by molar-refractivity contribution is -0.127. The Bertz CT molecular complexity index is 185. The number of carbonyl (C=O) groups is 2. The van der Waals surface area contributed by atoms with Crippen LogP contribution >= 0.6 is 0 Å². The molecule has 0 aliphatic carbocycles. The van der Waals surface area contributed by atoms with Crippen molar-refractivity contribution in [3.63, 3.8) is 0 Å². The Labute approximate surface area is 72.8 Å². The summed E-state index contributed by atoms with van der Waals surface area (Å²) in [5.41, 5.74) is 0. The summed E-state index contributed by atoms with van der Waals surface area (Å²) in [6.07, 6.45) is 4.71. The van der Waals surface area contributed by atoms with Crippen LogP contribution in [-0.4, -0.2) is 18.2 Å². The molecule has 0 aliphatic rings. The smallest absolute Gasteiger partial charge is 0.227 e. The molecule has 0 saturated carbocycles. The summed E-state index contributed by atoms with van der Waals surface area (Å²) in [6.45, 7) is 3.94. The molecule has 1 N–H and O–H groups in total. The fraction of sp³-hybridized carbons (Fsp3) is 0.556. The zero-order valence-corrected chi connectivity index (χ0v) is 7.59. The SMILES string of the molecule is C/C=C/CCNC(=O)CC(C)=O. The molecule has 0 fully saturated rings. The van der Waals surface area contributed by atoms with Crippen molar-refractivity contribution in [2.45, 2.75) is 26.7 Å². The fourth-order valence-electron chi connectivity index (χ4n) is 0.750. The maximum Gasteiger partial charge on any atom is 0.227 e. The van der Waals surface area contributed by atoms with E-state index < -0.39 is 0 Å². The number of carbonyl (C=O) groups excluding carboxylic acids is 2. The molecule has 0 saturated heterocycles. The second kappa shape index (κ2) is 6.58. The van der Waals surface area contributed by atoms with Crippen LogP contribution in [0.15, 0.2) is 12.2 Å². The molecule has 0 unspecified atom stereocenters. The Balaban J connectivity index is 3.38. The minimum absolute atomic E-state index is 0.00413. The van der Waals surface area contributed by atoms with E-state index in [4.69, 9.17) is 0 Å². The Kier molecular flexibility index (Phi) is 5.97. The highest BCUT2D eigenvalue weighted by atomic mass is 16.2. The van der Waals surface area contributed by atoms with Gasteiger partial charge in [0.15, 0.2) is 0 Å². The van der Waals surface area contributed by atoms with Crippen LogP contribution < -0.4 is 5.32 Å². The van der Waals surface area contributed by atoms with Crippen molar-refractivity contribution in [3.05, 3.63) is 12.2 Å². The normalized spacial score (nSPS) is 10.2. The van der Waals surface area contributed by atoms with Gasteiger partial charge < -0.3 is 5.32 Å². The molecular weight excluding hydrogens is 154 g/mol. The van der Waals surface area contributed by atoms with Gasteiger partial charge in [-0.3, -0.25) is 9.59 Å². The van der Waals surface area contributed by atoms with Crippen molar-refractivity contribution in [3.8, 4) is 0 Å². The Hall–Kier alpha value is -1.12. The first kappa shape index (κ1) is 10.9. The molecular formula is C9H15NO2. The van der Waals surface area contributed by atoms with Crippen LogP contribution in [-0.2, 0) is 9.59 Å². The molecule has 0 bridgehead atoms. The van der Waals surface area contributed by atoms with Gasteiger partial charge in [-0.05, 0) is 20.3 Å². The second-order valence-corrected chi connectivity index (χ2v) is 2.59. The lowest BCUT2D eigenvalue weighted by Gasteiger charge is -1.99. The maximum atomic E-state index is 10.9. The van der Waals surface area contributed by atoms with Gasteiger partial charge in [0.1, 0.15) is 5.78 Å². The van der Waals surface area contributed by atoms with E-state index in [9.17, 15) is 9.59 Å². The third-order valence-corrected chi connectivity index (χ3v) is 1.28. The molecule has 0 heterocycles. The fourth-order valence-corrected chi connectivity index (χ4v) is 0.750. The number of nitrogens with one attached hydrogen (secondary N) is 1. The number of rotatable bonds is 5. The molecule has 1 amide bonds. The number of amides is 1. The van der Waals surface area contributed by atoms with Crippen molar-refractivity contribution in [2.75, 3.05) is 6.54 Å². The van der Waals surface area contributed by atoms with Gasteiger partial charge in [0.05, 0.1) is 6.42 Å². The first-order chi connectivity index (χ1) is 5.66. The molecule has 0 rings (SSSR count). The Morgan fingerprint density at radius 3 is 2.58 bits per heavy atom. The van der Waals surface area contributed by atoms with Gasteiger partial charge in [-0.15, -0.1) is 0 Å². The predicted molar refractivity (Wildman–Crippen MR) is 47.7 cm³/mol. The van der Waals surface area contributed by atoms with Crippen LogP contribution in [0.25, 0.3) is 0 Å². The number of hydrogen-bond donors (Lipinski definition) is 1. The zero-order chi connectivity index (χ0) is 9.40. The van der Waals surface area contributed by atoms with E-state index in [-0.39, 0.29) is 18.1 Å². The van der Waals surface area contributed by atoms with Gasteiger partial charge >= 0.3 is 0 Å². The number of ketones is 1. The summed E-state index contributed by atoms with van der Waals surface area (Å²) < 4.78 is 0. The average Bonchev–Trinajstić information content (AvgIpc) is 1.97. The topological polar surface area (TPSA) is 46.2 Å². The van der Waals surface area contributed by atoms with Crippen LogP contribution in [0.4, 0.5) is 0 Å².